The second-order valence-corrected chi connectivity index (χ2v) is 10.0. The molecule has 0 fully saturated rings. The molecule has 1 aliphatic rings. The van der Waals surface area contributed by atoms with Crippen LogP contribution in [-0.2, 0) is 9.59 Å². The van der Waals surface area contributed by atoms with E-state index in [1.165, 1.54) is 24.4 Å². The summed E-state index contributed by atoms with van der Waals surface area (Å²) in [5, 5.41) is 30.3. The molecule has 1 aliphatic heterocycles. The average molecular weight is 553 g/mol. The van der Waals surface area contributed by atoms with Crippen LogP contribution in [0.15, 0.2) is 34.2 Å². The largest absolute Gasteiger partial charge is 0.506 e. The summed E-state index contributed by atoms with van der Waals surface area (Å²) in [5.74, 6) is -2.68. The zero-order valence-corrected chi connectivity index (χ0v) is 21.5. The van der Waals surface area contributed by atoms with Gasteiger partial charge in [0.05, 0.1) is 29.6 Å². The molecule has 0 radical (unpaired) electrons. The molecule has 198 valence electrons. The maximum absolute atomic E-state index is 12.6. The van der Waals surface area contributed by atoms with E-state index in [0.717, 1.165) is 0 Å². The minimum Gasteiger partial charge on any atom is -0.506 e. The number of hydrogen-bond acceptors (Lipinski definition) is 8. The van der Waals surface area contributed by atoms with E-state index in [-0.39, 0.29) is 32.3 Å². The number of aliphatic carboxylic acids is 1. The summed E-state index contributed by atoms with van der Waals surface area (Å²) in [6.45, 7) is 4.77. The minimum atomic E-state index is -1.25. The van der Waals surface area contributed by atoms with Crippen molar-refractivity contribution in [1.82, 2.24) is 20.9 Å². The van der Waals surface area contributed by atoms with Crippen molar-refractivity contribution in [3.8, 4) is 5.75 Å². The highest BCUT2D eigenvalue weighted by molar-refractivity contribution is 6.35. The number of aromatic nitrogens is 1. The van der Waals surface area contributed by atoms with Crippen LogP contribution in [0, 0.1) is 5.41 Å². The highest BCUT2D eigenvalue weighted by atomic mass is 35.5. The van der Waals surface area contributed by atoms with Gasteiger partial charge >= 0.3 is 5.97 Å². The number of phenols is 1. The van der Waals surface area contributed by atoms with Gasteiger partial charge in [0.2, 0.25) is 5.91 Å². The third-order valence-electron chi connectivity index (χ3n) is 5.37. The van der Waals surface area contributed by atoms with Crippen molar-refractivity contribution in [1.29, 1.82) is 0 Å². The topological polar surface area (TPSA) is 185 Å². The summed E-state index contributed by atoms with van der Waals surface area (Å²) in [7, 11) is 0. The van der Waals surface area contributed by atoms with Gasteiger partial charge in [-0.2, -0.15) is 0 Å². The van der Waals surface area contributed by atoms with E-state index in [1.807, 2.05) is 13.8 Å². The first-order valence-electron chi connectivity index (χ1n) is 11.1. The first-order chi connectivity index (χ1) is 17.3. The summed E-state index contributed by atoms with van der Waals surface area (Å²) < 4.78 is 0. The summed E-state index contributed by atoms with van der Waals surface area (Å²) in [4.78, 5) is 55.4. The number of halogens is 2. The Kier molecular flexibility index (Phi) is 8.66. The molecule has 2 aromatic rings. The van der Waals surface area contributed by atoms with E-state index in [1.54, 1.807) is 0 Å². The Balaban J connectivity index is 1.66. The van der Waals surface area contributed by atoms with Crippen molar-refractivity contribution in [2.75, 3.05) is 25.0 Å². The van der Waals surface area contributed by atoms with Crippen molar-refractivity contribution in [2.45, 2.75) is 26.3 Å². The number of benzene rings is 1. The number of carboxylic acid groups (broad SMARTS) is 1. The lowest BCUT2D eigenvalue weighted by Gasteiger charge is -2.29. The van der Waals surface area contributed by atoms with Crippen molar-refractivity contribution in [3.05, 3.63) is 55.9 Å². The number of aliphatic imine (C=N–C) groups is 1. The lowest BCUT2D eigenvalue weighted by atomic mass is 9.93. The number of carboxylic acids is 1. The van der Waals surface area contributed by atoms with Crippen molar-refractivity contribution in [3.63, 3.8) is 0 Å². The molecule has 1 aromatic carbocycles. The smallest absolute Gasteiger partial charge is 0.305 e. The standard InChI is InChI=1S/C23H26Cl2N6O6/c1-23(2)9-28-22(29-10-23)31-16-3-11(7-26-21(16)37)20(36)27-8-17(32)30-15(6-18(33)34)13-4-12(24)5-14(25)19(13)35/h3-5,7,15,35H,6,8-10H2,1-2H3,(H,26,37)(H,27,36)(H,30,32)(H,33,34)(H2,28,29,31). The Labute approximate surface area is 221 Å². The highest BCUT2D eigenvalue weighted by Gasteiger charge is 2.24. The quantitative estimate of drug-likeness (QED) is 0.258. The lowest BCUT2D eigenvalue weighted by molar-refractivity contribution is -0.137. The fourth-order valence-electron chi connectivity index (χ4n) is 3.42. The molecule has 12 nitrogen and oxygen atoms in total. The van der Waals surface area contributed by atoms with Gasteiger partial charge in [-0.05, 0) is 18.2 Å². The average Bonchev–Trinajstić information content (AvgIpc) is 2.81. The predicted molar refractivity (Wildman–Crippen MR) is 138 cm³/mol. The molecule has 2 amide bonds. The van der Waals surface area contributed by atoms with Gasteiger partial charge in [-0.15, -0.1) is 0 Å². The number of carbonyl (C=O) groups is 3. The predicted octanol–water partition coefficient (Wildman–Crippen LogP) is 1.85. The minimum absolute atomic E-state index is 0.0125. The Morgan fingerprint density at radius 2 is 1.95 bits per heavy atom. The molecule has 14 heteroatoms. The zero-order chi connectivity index (χ0) is 27.3. The number of aromatic amines is 1. The monoisotopic (exact) mass is 552 g/mol. The number of nitrogens with one attached hydrogen (secondary N) is 5. The number of hydrogen-bond donors (Lipinski definition) is 7. The number of pyridine rings is 1. The van der Waals surface area contributed by atoms with Crippen molar-refractivity contribution in [2.24, 2.45) is 10.4 Å². The molecule has 0 saturated carbocycles. The second-order valence-electron chi connectivity index (χ2n) is 9.16. The van der Waals surface area contributed by atoms with Gasteiger partial charge in [0, 0.05) is 35.3 Å². The van der Waals surface area contributed by atoms with Gasteiger partial charge < -0.3 is 36.5 Å². The molecule has 0 bridgehead atoms. The van der Waals surface area contributed by atoms with Crippen molar-refractivity contribution >= 4 is 52.6 Å². The van der Waals surface area contributed by atoms with Crippen LogP contribution >= 0.6 is 23.2 Å². The molecule has 7 N–H and O–H groups in total. The van der Waals surface area contributed by atoms with E-state index < -0.39 is 48.1 Å². The molecule has 3 rings (SSSR count). The van der Waals surface area contributed by atoms with Gasteiger partial charge in [0.25, 0.3) is 11.5 Å². The van der Waals surface area contributed by atoms with E-state index in [0.29, 0.717) is 19.0 Å². The van der Waals surface area contributed by atoms with Gasteiger partial charge in [0.15, 0.2) is 5.96 Å². The molecule has 2 heterocycles. The second kappa shape index (κ2) is 11.5. The van der Waals surface area contributed by atoms with Crippen LogP contribution in [0.3, 0.4) is 0 Å². The summed E-state index contributed by atoms with van der Waals surface area (Å²) in [6.07, 6.45) is 0.618. The van der Waals surface area contributed by atoms with E-state index >= 15 is 0 Å². The van der Waals surface area contributed by atoms with E-state index in [4.69, 9.17) is 23.2 Å². The van der Waals surface area contributed by atoms with Crippen molar-refractivity contribution < 1.29 is 24.6 Å². The number of amides is 2. The Bertz CT molecular complexity index is 1310. The summed E-state index contributed by atoms with van der Waals surface area (Å²) >= 11 is 11.9. The van der Waals surface area contributed by atoms with Gasteiger partial charge in [-0.3, -0.25) is 24.2 Å². The molecule has 1 unspecified atom stereocenters. The first-order valence-corrected chi connectivity index (χ1v) is 11.9. The van der Waals surface area contributed by atoms with Crippen LogP contribution in [0.25, 0.3) is 0 Å². The van der Waals surface area contributed by atoms with Crippen LogP contribution in [-0.4, -0.2) is 58.6 Å². The molecule has 0 saturated heterocycles. The maximum Gasteiger partial charge on any atom is 0.305 e. The van der Waals surface area contributed by atoms with Crippen LogP contribution in [0.5, 0.6) is 5.75 Å². The molecule has 0 spiro atoms. The summed E-state index contributed by atoms with van der Waals surface area (Å²) in [5.41, 5.74) is -0.342. The Morgan fingerprint density at radius 3 is 2.59 bits per heavy atom. The van der Waals surface area contributed by atoms with E-state index in [9.17, 15) is 29.4 Å². The normalized spacial score (nSPS) is 15.1. The number of carbonyl (C=O) groups excluding carboxylic acids is 2. The number of nitrogens with zero attached hydrogens (tertiary/aromatic N) is 1. The zero-order valence-electron chi connectivity index (χ0n) is 19.9. The third-order valence-corrected chi connectivity index (χ3v) is 5.88. The first kappa shape index (κ1) is 27.8. The van der Waals surface area contributed by atoms with Crippen LogP contribution in [0.1, 0.15) is 42.2 Å². The lowest BCUT2D eigenvalue weighted by Crippen LogP contribution is -2.44. The van der Waals surface area contributed by atoms with Crippen LogP contribution in [0.4, 0.5) is 5.69 Å². The number of phenolic OH excluding ortho intramolecular Hbond substituents is 1. The van der Waals surface area contributed by atoms with Crippen LogP contribution in [0.2, 0.25) is 10.0 Å². The third kappa shape index (κ3) is 7.61. The highest BCUT2D eigenvalue weighted by Crippen LogP contribution is 2.36. The maximum atomic E-state index is 12.6. The number of aromatic hydroxyl groups is 1. The van der Waals surface area contributed by atoms with Gasteiger partial charge in [0.1, 0.15) is 11.4 Å². The number of H-pyrrole nitrogens is 1. The molecule has 1 atom stereocenters. The molecule has 0 aliphatic carbocycles. The SMILES string of the molecule is CC1(C)CN=C(Nc2cc(C(=O)NCC(=O)NC(CC(=O)O)c3cc(Cl)cc(Cl)c3O)c[nH]c2=O)NC1. The van der Waals surface area contributed by atoms with Gasteiger partial charge in [-0.25, -0.2) is 0 Å². The number of anilines is 1. The molecular weight excluding hydrogens is 527 g/mol. The molecular formula is C23H26Cl2N6O6. The fraction of sp³-hybridized carbons (Fsp3) is 0.348. The number of guanidine groups is 1. The molecule has 37 heavy (non-hydrogen) atoms. The summed E-state index contributed by atoms with van der Waals surface area (Å²) in [6, 6.07) is 2.70. The molecule has 1 aromatic heterocycles. The van der Waals surface area contributed by atoms with E-state index in [2.05, 4.69) is 31.2 Å². The number of rotatable bonds is 8. The Morgan fingerprint density at radius 1 is 1.22 bits per heavy atom. The Hall–Kier alpha value is -3.77. The fourth-order valence-corrected chi connectivity index (χ4v) is 3.93. The van der Waals surface area contributed by atoms with Crippen LogP contribution < -0.4 is 26.8 Å². The van der Waals surface area contributed by atoms with Gasteiger partial charge in [-0.1, -0.05) is 37.0 Å².